The van der Waals surface area contributed by atoms with Crippen molar-refractivity contribution in [2.24, 2.45) is 0 Å². The van der Waals surface area contributed by atoms with Crippen LogP contribution < -0.4 is 4.87 Å². The average molecular weight is 167 g/mol. The fourth-order valence-electron chi connectivity index (χ4n) is 0.830. The van der Waals surface area contributed by atoms with E-state index in [4.69, 9.17) is 4.42 Å². The van der Waals surface area contributed by atoms with Crippen LogP contribution in [0.25, 0.3) is 10.4 Å². The lowest BCUT2D eigenvalue weighted by atomic mass is 10.3. The van der Waals surface area contributed by atoms with Gasteiger partial charge in [0.15, 0.2) is 0 Å². The van der Waals surface area contributed by atoms with Crippen LogP contribution in [-0.2, 0) is 0 Å². The van der Waals surface area contributed by atoms with E-state index >= 15 is 0 Å². The summed E-state index contributed by atoms with van der Waals surface area (Å²) >= 11 is 1.17. The van der Waals surface area contributed by atoms with Crippen molar-refractivity contribution >= 4 is 11.3 Å². The molecule has 0 aliphatic carbocycles. The van der Waals surface area contributed by atoms with Gasteiger partial charge in [-0.3, -0.25) is 4.79 Å². The van der Waals surface area contributed by atoms with Crippen LogP contribution in [0.5, 0.6) is 0 Å². The molecule has 0 spiro atoms. The van der Waals surface area contributed by atoms with Crippen LogP contribution in [0.2, 0.25) is 0 Å². The summed E-state index contributed by atoms with van der Waals surface area (Å²) in [7, 11) is 0. The molecule has 0 aliphatic rings. The van der Waals surface area contributed by atoms with Crippen LogP contribution >= 0.6 is 11.3 Å². The minimum absolute atomic E-state index is 0.0406. The van der Waals surface area contributed by atoms with E-state index in [1.54, 1.807) is 18.7 Å². The van der Waals surface area contributed by atoms with Crippen LogP contribution in [0, 0.1) is 0 Å². The fraction of sp³-hybridized carbons (Fsp3) is 0. The Morgan fingerprint density at radius 2 is 2.45 bits per heavy atom. The maximum atomic E-state index is 10.7. The van der Waals surface area contributed by atoms with E-state index in [-0.39, 0.29) is 4.87 Å². The van der Waals surface area contributed by atoms with E-state index < -0.39 is 0 Å². The topological polar surface area (TPSA) is 46.0 Å². The molecule has 2 heterocycles. The van der Waals surface area contributed by atoms with Crippen LogP contribution in [-0.4, -0.2) is 4.98 Å². The largest absolute Gasteiger partial charge is 0.472 e. The van der Waals surface area contributed by atoms with Crippen LogP contribution in [0.4, 0.5) is 0 Å². The smallest absolute Gasteiger partial charge is 0.305 e. The molecule has 11 heavy (non-hydrogen) atoms. The van der Waals surface area contributed by atoms with Crippen molar-refractivity contribution in [3.63, 3.8) is 0 Å². The Hall–Kier alpha value is -1.29. The Balaban J connectivity index is 2.53. The Morgan fingerprint density at radius 3 is 3.00 bits per heavy atom. The van der Waals surface area contributed by atoms with Gasteiger partial charge in [0.25, 0.3) is 0 Å². The molecule has 0 bridgehead atoms. The Bertz CT molecular complexity index is 384. The van der Waals surface area contributed by atoms with E-state index in [1.165, 1.54) is 11.3 Å². The maximum absolute atomic E-state index is 10.7. The molecule has 0 fully saturated rings. The first-order valence-corrected chi connectivity index (χ1v) is 3.89. The lowest BCUT2D eigenvalue weighted by molar-refractivity contribution is 0.568. The highest BCUT2D eigenvalue weighted by Gasteiger charge is 2.00. The lowest BCUT2D eigenvalue weighted by Gasteiger charge is -1.82. The SMILES string of the molecule is O=c1[nH]cc(-c2ccoc2)s1. The number of rotatable bonds is 1. The highest BCUT2D eigenvalue weighted by Crippen LogP contribution is 2.20. The highest BCUT2D eigenvalue weighted by atomic mass is 32.1. The number of aromatic amines is 1. The number of aromatic nitrogens is 1. The van der Waals surface area contributed by atoms with Crippen molar-refractivity contribution in [3.05, 3.63) is 34.5 Å². The van der Waals surface area contributed by atoms with Crippen molar-refractivity contribution in [1.82, 2.24) is 4.98 Å². The molecular weight excluding hydrogens is 162 g/mol. The Kier molecular flexibility index (Phi) is 1.40. The van der Waals surface area contributed by atoms with E-state index in [0.29, 0.717) is 0 Å². The molecule has 4 heteroatoms. The van der Waals surface area contributed by atoms with Crippen LogP contribution in [0.1, 0.15) is 0 Å². The summed E-state index contributed by atoms with van der Waals surface area (Å²) in [6.07, 6.45) is 4.87. The summed E-state index contributed by atoms with van der Waals surface area (Å²) < 4.78 is 4.87. The molecule has 0 aliphatic heterocycles. The maximum Gasteiger partial charge on any atom is 0.305 e. The third-order valence-electron chi connectivity index (χ3n) is 1.33. The van der Waals surface area contributed by atoms with Crippen molar-refractivity contribution in [2.45, 2.75) is 0 Å². The predicted molar refractivity (Wildman–Crippen MR) is 42.6 cm³/mol. The predicted octanol–water partition coefficient (Wildman–Crippen LogP) is 1.70. The van der Waals surface area contributed by atoms with Gasteiger partial charge in [-0.2, -0.15) is 0 Å². The van der Waals surface area contributed by atoms with Gasteiger partial charge in [-0.15, -0.1) is 0 Å². The van der Waals surface area contributed by atoms with Gasteiger partial charge in [-0.05, 0) is 6.07 Å². The summed E-state index contributed by atoms with van der Waals surface area (Å²) in [5.41, 5.74) is 0.938. The molecule has 56 valence electrons. The van der Waals surface area contributed by atoms with Crippen LogP contribution in [0.15, 0.2) is 34.0 Å². The zero-order valence-corrected chi connectivity index (χ0v) is 6.35. The first-order chi connectivity index (χ1) is 5.36. The van der Waals surface area contributed by atoms with Crippen LogP contribution in [0.3, 0.4) is 0 Å². The number of furan rings is 1. The van der Waals surface area contributed by atoms with Gasteiger partial charge in [0, 0.05) is 11.8 Å². The van der Waals surface area contributed by atoms with Gasteiger partial charge in [0.05, 0.1) is 17.4 Å². The molecule has 0 amide bonds. The number of hydrogen-bond donors (Lipinski definition) is 1. The summed E-state index contributed by atoms with van der Waals surface area (Å²) in [6.45, 7) is 0. The van der Waals surface area contributed by atoms with Gasteiger partial charge in [-0.25, -0.2) is 0 Å². The fourth-order valence-corrected chi connectivity index (χ4v) is 1.50. The second-order valence-corrected chi connectivity index (χ2v) is 3.07. The van der Waals surface area contributed by atoms with Gasteiger partial charge in [0.2, 0.25) is 0 Å². The number of H-pyrrole nitrogens is 1. The first-order valence-electron chi connectivity index (χ1n) is 3.07. The molecule has 0 aromatic carbocycles. The molecular formula is C7H5NO2S. The quantitative estimate of drug-likeness (QED) is 0.702. The Morgan fingerprint density at radius 1 is 1.55 bits per heavy atom. The van der Waals surface area contributed by atoms with E-state index in [0.717, 1.165) is 10.4 Å². The number of thiazole rings is 1. The molecule has 2 rings (SSSR count). The highest BCUT2D eigenvalue weighted by molar-refractivity contribution is 7.12. The number of hydrogen-bond acceptors (Lipinski definition) is 3. The molecule has 0 saturated heterocycles. The average Bonchev–Trinajstić information content (AvgIpc) is 2.55. The molecule has 0 saturated carbocycles. The van der Waals surface area contributed by atoms with E-state index in [2.05, 4.69) is 4.98 Å². The van der Waals surface area contributed by atoms with Crippen molar-refractivity contribution in [3.8, 4) is 10.4 Å². The summed E-state index contributed by atoms with van der Waals surface area (Å²) in [4.78, 5) is 14.2. The minimum Gasteiger partial charge on any atom is -0.472 e. The zero-order chi connectivity index (χ0) is 7.68. The molecule has 0 atom stereocenters. The minimum atomic E-state index is -0.0406. The standard InChI is InChI=1S/C7H5NO2S/c9-7-8-3-6(11-7)5-1-2-10-4-5/h1-4H,(H,8,9). The molecule has 1 N–H and O–H groups in total. The number of nitrogens with one attached hydrogen (secondary N) is 1. The summed E-state index contributed by atoms with van der Waals surface area (Å²) in [5, 5.41) is 0. The van der Waals surface area contributed by atoms with Crippen molar-refractivity contribution in [1.29, 1.82) is 0 Å². The first kappa shape index (κ1) is 6.42. The van der Waals surface area contributed by atoms with Gasteiger partial charge in [0.1, 0.15) is 0 Å². The normalized spacial score (nSPS) is 10.2. The molecule has 0 radical (unpaired) electrons. The van der Waals surface area contributed by atoms with Gasteiger partial charge in [-0.1, -0.05) is 11.3 Å². The second-order valence-electron chi connectivity index (χ2n) is 2.05. The second kappa shape index (κ2) is 2.39. The molecule has 3 nitrogen and oxygen atoms in total. The zero-order valence-electron chi connectivity index (χ0n) is 5.53. The molecule has 0 unspecified atom stereocenters. The summed E-state index contributed by atoms with van der Waals surface area (Å²) in [6, 6.07) is 1.82. The van der Waals surface area contributed by atoms with Gasteiger partial charge >= 0.3 is 4.87 Å². The lowest BCUT2D eigenvalue weighted by Crippen LogP contribution is -1.88. The molecule has 2 aromatic rings. The van der Waals surface area contributed by atoms with Crippen molar-refractivity contribution in [2.75, 3.05) is 0 Å². The third-order valence-corrected chi connectivity index (χ3v) is 2.21. The van der Waals surface area contributed by atoms with Crippen molar-refractivity contribution < 1.29 is 4.42 Å². The van der Waals surface area contributed by atoms with E-state index in [1.807, 2.05) is 6.07 Å². The van der Waals surface area contributed by atoms with E-state index in [9.17, 15) is 4.79 Å². The Labute approximate surface area is 66.3 Å². The molecule has 2 aromatic heterocycles. The third kappa shape index (κ3) is 1.12. The summed E-state index contributed by atoms with van der Waals surface area (Å²) in [5.74, 6) is 0. The van der Waals surface area contributed by atoms with Gasteiger partial charge < -0.3 is 9.40 Å². The monoisotopic (exact) mass is 167 g/mol.